The van der Waals surface area contributed by atoms with Crippen molar-refractivity contribution in [1.29, 1.82) is 0 Å². The maximum absolute atomic E-state index is 13.1. The number of ketones is 1. The monoisotopic (exact) mass is 454 g/mol. The van der Waals surface area contributed by atoms with E-state index < -0.39 is 17.8 Å². The molecule has 1 heterocycles. The van der Waals surface area contributed by atoms with Crippen LogP contribution in [-0.2, 0) is 6.42 Å². The molecule has 0 aliphatic carbocycles. The Morgan fingerprint density at radius 1 is 0.909 bits per heavy atom. The second kappa shape index (κ2) is 8.34. The number of carbonyl (C=O) groups excluding carboxylic acids is 1. The molecule has 9 heteroatoms. The van der Waals surface area contributed by atoms with E-state index in [1.54, 1.807) is 0 Å². The van der Waals surface area contributed by atoms with Crippen molar-refractivity contribution in [3.05, 3.63) is 59.2 Å². The van der Waals surface area contributed by atoms with Crippen molar-refractivity contribution in [3.8, 4) is 46.0 Å². The Bertz CT molecular complexity index is 1210. The Kier molecular flexibility index (Phi) is 5.55. The fourth-order valence-corrected chi connectivity index (χ4v) is 4.09. The number of hydrogen-bond donors (Lipinski definition) is 6. The lowest BCUT2D eigenvalue weighted by molar-refractivity contribution is 0.0797. The smallest absolute Gasteiger partial charge is 0.202 e. The summed E-state index contributed by atoms with van der Waals surface area (Å²) in [5.74, 6) is -2.71. The molecule has 0 spiro atoms. The minimum absolute atomic E-state index is 0.0545. The van der Waals surface area contributed by atoms with Crippen LogP contribution in [0.5, 0.6) is 46.0 Å². The summed E-state index contributed by atoms with van der Waals surface area (Å²) in [5, 5.41) is 59.8. The summed E-state index contributed by atoms with van der Waals surface area (Å²) in [6.45, 7) is 0. The average Bonchev–Trinajstić information content (AvgIpc) is 2.75. The molecular weight excluding hydrogens is 432 g/mol. The highest BCUT2D eigenvalue weighted by atomic mass is 16.5. The molecule has 33 heavy (non-hydrogen) atoms. The first-order valence-electron chi connectivity index (χ1n) is 10.0. The predicted molar refractivity (Wildman–Crippen MR) is 115 cm³/mol. The number of benzene rings is 3. The van der Waals surface area contributed by atoms with E-state index in [-0.39, 0.29) is 64.4 Å². The topological polar surface area (TPSA) is 157 Å². The second-order valence-electron chi connectivity index (χ2n) is 7.87. The van der Waals surface area contributed by atoms with Crippen molar-refractivity contribution in [1.82, 2.24) is 0 Å². The van der Waals surface area contributed by atoms with E-state index in [9.17, 15) is 35.4 Å². The molecule has 3 aromatic rings. The van der Waals surface area contributed by atoms with E-state index in [1.807, 2.05) is 0 Å². The molecular formula is C24H22O9. The number of fused-ring (bicyclic) bond motifs is 1. The third-order valence-electron chi connectivity index (χ3n) is 5.67. The zero-order chi connectivity index (χ0) is 23.9. The highest BCUT2D eigenvalue weighted by molar-refractivity contribution is 5.97. The fourth-order valence-electron chi connectivity index (χ4n) is 4.09. The van der Waals surface area contributed by atoms with Crippen molar-refractivity contribution in [2.45, 2.75) is 18.9 Å². The zero-order valence-electron chi connectivity index (χ0n) is 17.5. The van der Waals surface area contributed by atoms with E-state index in [4.69, 9.17) is 9.47 Å². The Morgan fingerprint density at radius 3 is 2.24 bits per heavy atom. The Balaban J connectivity index is 1.71. The van der Waals surface area contributed by atoms with Crippen LogP contribution in [0.15, 0.2) is 42.5 Å². The van der Waals surface area contributed by atoms with Crippen molar-refractivity contribution in [2.75, 3.05) is 7.11 Å². The summed E-state index contributed by atoms with van der Waals surface area (Å²) in [7, 11) is 1.27. The first-order valence-corrected chi connectivity index (χ1v) is 10.0. The van der Waals surface area contributed by atoms with Gasteiger partial charge in [0, 0.05) is 35.6 Å². The molecule has 6 N–H and O–H groups in total. The molecule has 0 unspecified atom stereocenters. The van der Waals surface area contributed by atoms with Gasteiger partial charge in [0.1, 0.15) is 23.4 Å². The van der Waals surface area contributed by atoms with Gasteiger partial charge in [0.25, 0.3) is 0 Å². The minimum Gasteiger partial charge on any atom is -0.508 e. The van der Waals surface area contributed by atoms with Gasteiger partial charge in [-0.25, -0.2) is 0 Å². The van der Waals surface area contributed by atoms with Gasteiger partial charge in [-0.2, -0.15) is 0 Å². The van der Waals surface area contributed by atoms with Gasteiger partial charge in [0.2, 0.25) is 5.75 Å². The van der Waals surface area contributed by atoms with Crippen LogP contribution < -0.4 is 9.47 Å². The summed E-state index contributed by atoms with van der Waals surface area (Å²) < 4.78 is 10.9. The Morgan fingerprint density at radius 2 is 1.61 bits per heavy atom. The van der Waals surface area contributed by atoms with E-state index in [1.165, 1.54) is 49.6 Å². The molecule has 0 radical (unpaired) electrons. The lowest BCUT2D eigenvalue weighted by Gasteiger charge is -2.34. The molecule has 0 saturated carbocycles. The molecule has 4 rings (SSSR count). The van der Waals surface area contributed by atoms with Gasteiger partial charge in [-0.3, -0.25) is 4.79 Å². The second-order valence-corrected chi connectivity index (χ2v) is 7.87. The van der Waals surface area contributed by atoms with Crippen LogP contribution in [0, 0.1) is 5.92 Å². The molecule has 3 aromatic carbocycles. The number of carbonyl (C=O) groups is 1. The van der Waals surface area contributed by atoms with Crippen LogP contribution in [0.2, 0.25) is 0 Å². The molecule has 1 aliphatic rings. The average molecular weight is 454 g/mol. The summed E-state index contributed by atoms with van der Waals surface area (Å²) in [6, 6.07) is 9.05. The van der Waals surface area contributed by atoms with Gasteiger partial charge in [-0.05, 0) is 36.2 Å². The van der Waals surface area contributed by atoms with Crippen molar-refractivity contribution < 1.29 is 44.9 Å². The van der Waals surface area contributed by atoms with Crippen molar-refractivity contribution in [3.63, 3.8) is 0 Å². The summed E-state index contributed by atoms with van der Waals surface area (Å²) in [4.78, 5) is 13.1. The highest BCUT2D eigenvalue weighted by Crippen LogP contribution is 2.47. The number of aromatic hydroxyl groups is 6. The molecule has 9 nitrogen and oxygen atoms in total. The van der Waals surface area contributed by atoms with Crippen LogP contribution in [0.25, 0.3) is 0 Å². The minimum atomic E-state index is -0.769. The molecule has 0 bridgehead atoms. The van der Waals surface area contributed by atoms with Gasteiger partial charge in [-0.15, -0.1) is 0 Å². The van der Waals surface area contributed by atoms with Gasteiger partial charge < -0.3 is 40.1 Å². The normalized spacial score (nSPS) is 17.1. The largest absolute Gasteiger partial charge is 0.508 e. The number of methoxy groups -OCH3 is 1. The molecule has 1 aliphatic heterocycles. The van der Waals surface area contributed by atoms with Gasteiger partial charge in [0.05, 0.1) is 7.11 Å². The molecule has 0 saturated heterocycles. The third-order valence-corrected chi connectivity index (χ3v) is 5.67. The summed E-state index contributed by atoms with van der Waals surface area (Å²) in [5.41, 5.74) is 0.932. The fraction of sp³-hybridized carbons (Fsp3) is 0.208. The van der Waals surface area contributed by atoms with E-state index in [2.05, 4.69) is 0 Å². The molecule has 2 atom stereocenters. The SMILES string of the molecule is COc1c(O)cc(C(=O)C[C@H]2Cc3c(O)cc(O)cc3O[C@H]2c2ccc(O)c(O)c2)cc1O. The van der Waals surface area contributed by atoms with Gasteiger partial charge in [0.15, 0.2) is 28.8 Å². The Labute approximate surface area is 188 Å². The number of phenolic OH excluding ortho intramolecular Hbond substituents is 6. The van der Waals surface area contributed by atoms with Crippen LogP contribution in [0.1, 0.15) is 34.0 Å². The number of rotatable bonds is 5. The summed E-state index contributed by atoms with van der Waals surface area (Å²) in [6.07, 6.45) is -0.667. The van der Waals surface area contributed by atoms with E-state index in [0.29, 0.717) is 11.1 Å². The molecule has 0 aromatic heterocycles. The Hall–Kier alpha value is -4.27. The summed E-state index contributed by atoms with van der Waals surface area (Å²) >= 11 is 0. The van der Waals surface area contributed by atoms with Crippen molar-refractivity contribution >= 4 is 5.78 Å². The first kappa shape index (κ1) is 21.9. The zero-order valence-corrected chi connectivity index (χ0v) is 17.5. The number of ether oxygens (including phenoxy) is 2. The number of phenols is 6. The van der Waals surface area contributed by atoms with Crippen LogP contribution >= 0.6 is 0 Å². The number of Topliss-reactive ketones (excluding diaryl/α,β-unsaturated/α-hetero) is 1. The molecule has 0 amide bonds. The highest BCUT2D eigenvalue weighted by Gasteiger charge is 2.35. The van der Waals surface area contributed by atoms with Crippen LogP contribution in [-0.4, -0.2) is 43.5 Å². The maximum atomic E-state index is 13.1. The lowest BCUT2D eigenvalue weighted by atomic mass is 9.82. The van der Waals surface area contributed by atoms with Crippen LogP contribution in [0.3, 0.4) is 0 Å². The first-order chi connectivity index (χ1) is 15.7. The third kappa shape index (κ3) is 4.12. The lowest BCUT2D eigenvalue weighted by Crippen LogP contribution is -2.28. The van der Waals surface area contributed by atoms with Gasteiger partial charge in [-0.1, -0.05) is 6.07 Å². The maximum Gasteiger partial charge on any atom is 0.202 e. The van der Waals surface area contributed by atoms with Crippen LogP contribution in [0.4, 0.5) is 0 Å². The van der Waals surface area contributed by atoms with Crippen molar-refractivity contribution in [2.24, 2.45) is 5.92 Å². The standard InChI is InChI=1S/C24H22O9/c1-32-24-20(30)6-12(7-21(24)31)17(27)8-13-4-15-18(28)9-14(25)10-22(15)33-23(13)11-2-3-16(26)19(29)5-11/h2-3,5-7,9-10,13,23,25-26,28-31H,4,8H2,1H3/t13-,23+/m1/s1. The van der Waals surface area contributed by atoms with E-state index >= 15 is 0 Å². The van der Waals surface area contributed by atoms with E-state index in [0.717, 1.165) is 0 Å². The molecule has 172 valence electrons. The van der Waals surface area contributed by atoms with Gasteiger partial charge >= 0.3 is 0 Å². The number of hydrogen-bond acceptors (Lipinski definition) is 9. The quantitative estimate of drug-likeness (QED) is 0.251. The molecule has 0 fully saturated rings. The predicted octanol–water partition coefficient (Wildman–Crippen LogP) is 3.49.